The summed E-state index contributed by atoms with van der Waals surface area (Å²) in [5.41, 5.74) is 4.47. The van der Waals surface area contributed by atoms with E-state index in [1.54, 1.807) is 19.2 Å². The maximum Gasteiger partial charge on any atom is 0.393 e. The lowest BCUT2D eigenvalue weighted by Crippen LogP contribution is -2.11. The molecule has 0 fully saturated rings. The van der Waals surface area contributed by atoms with Crippen molar-refractivity contribution in [1.82, 2.24) is 4.98 Å². The van der Waals surface area contributed by atoms with Gasteiger partial charge in [-0.25, -0.2) is 0 Å². The molecule has 1 heterocycles. The van der Waals surface area contributed by atoms with E-state index in [0.717, 1.165) is 33.3 Å². The minimum absolute atomic E-state index is 0.238. The molecule has 0 atom stereocenters. The number of rotatable bonds is 6. The molecule has 0 amide bonds. The highest BCUT2D eigenvalue weighted by molar-refractivity contribution is 6.36. The second-order valence-corrected chi connectivity index (χ2v) is 7.23. The molecular weight excluding hydrogens is 399 g/mol. The molecule has 0 unspecified atom stereocenters. The van der Waals surface area contributed by atoms with Crippen LogP contribution in [-0.4, -0.2) is 18.3 Å². The Labute approximate surface area is 173 Å². The number of hydrogen-bond acceptors (Lipinski definition) is 2. The van der Waals surface area contributed by atoms with Crippen LogP contribution >= 0.6 is 11.6 Å². The number of alkyl halides is 3. The number of ether oxygens (including phenoxy) is 1. The predicted octanol–water partition coefficient (Wildman–Crippen LogP) is 6.76. The molecule has 2 aromatic carbocycles. The summed E-state index contributed by atoms with van der Waals surface area (Å²) in [7, 11) is 1.56. The molecule has 0 saturated carbocycles. The molecule has 0 bridgehead atoms. The van der Waals surface area contributed by atoms with E-state index < -0.39 is 12.6 Å². The Morgan fingerprint density at radius 3 is 2.34 bits per heavy atom. The fraction of sp³-hybridized carbons (Fsp3) is 0.261. The zero-order valence-electron chi connectivity index (χ0n) is 16.2. The van der Waals surface area contributed by atoms with Gasteiger partial charge >= 0.3 is 6.18 Å². The van der Waals surface area contributed by atoms with Gasteiger partial charge < -0.3 is 4.74 Å². The summed E-state index contributed by atoms with van der Waals surface area (Å²) in [4.78, 5) is 4.74. The van der Waals surface area contributed by atoms with E-state index >= 15 is 0 Å². The number of methoxy groups -OCH3 is 1. The van der Waals surface area contributed by atoms with Crippen molar-refractivity contribution in [3.8, 4) is 0 Å². The Kier molecular flexibility index (Phi) is 6.18. The van der Waals surface area contributed by atoms with Crippen LogP contribution in [0.4, 0.5) is 13.2 Å². The molecule has 6 heteroatoms. The van der Waals surface area contributed by atoms with Crippen LogP contribution in [0.15, 0.2) is 49.0 Å². The number of fused-ring (bicyclic) bond motifs is 1. The summed E-state index contributed by atoms with van der Waals surface area (Å²) in [6.45, 7) is 5.87. The van der Waals surface area contributed by atoms with Crippen molar-refractivity contribution in [3.05, 3.63) is 82.0 Å². The number of pyridine rings is 1. The van der Waals surface area contributed by atoms with E-state index in [1.807, 2.05) is 25.1 Å². The van der Waals surface area contributed by atoms with Gasteiger partial charge in [0, 0.05) is 23.1 Å². The molecule has 0 saturated heterocycles. The highest BCUT2D eigenvalue weighted by Gasteiger charge is 2.27. The number of hydrogen-bond donors (Lipinski definition) is 0. The van der Waals surface area contributed by atoms with Gasteiger partial charge in [0.2, 0.25) is 0 Å². The van der Waals surface area contributed by atoms with Crippen molar-refractivity contribution >= 4 is 28.3 Å². The number of aromatic nitrogens is 1. The monoisotopic (exact) mass is 419 g/mol. The third-order valence-electron chi connectivity index (χ3n) is 4.81. The number of benzene rings is 2. The minimum atomic E-state index is -4.22. The third-order valence-corrected chi connectivity index (χ3v) is 5.25. The smallest absolute Gasteiger partial charge is 0.393 e. The van der Waals surface area contributed by atoms with Gasteiger partial charge in [-0.05, 0) is 41.3 Å². The Morgan fingerprint density at radius 1 is 1.10 bits per heavy atom. The highest BCUT2D eigenvalue weighted by Crippen LogP contribution is 2.32. The Hall–Kier alpha value is -2.53. The average Bonchev–Trinajstić information content (AvgIpc) is 2.69. The van der Waals surface area contributed by atoms with Crippen molar-refractivity contribution < 1.29 is 17.9 Å². The summed E-state index contributed by atoms with van der Waals surface area (Å²) in [5, 5.41) is 1.39. The van der Waals surface area contributed by atoms with Crippen LogP contribution in [0, 0.1) is 0 Å². The summed E-state index contributed by atoms with van der Waals surface area (Å²) in [6.07, 6.45) is -3.96. The molecular formula is C23H21ClF3NO. The second-order valence-electron chi connectivity index (χ2n) is 6.85. The highest BCUT2D eigenvalue weighted by atomic mass is 35.5. The quantitative estimate of drug-likeness (QED) is 0.411. The summed E-state index contributed by atoms with van der Waals surface area (Å²) >= 11 is 6.75. The zero-order chi connectivity index (χ0) is 21.2. The van der Waals surface area contributed by atoms with Gasteiger partial charge in [-0.3, -0.25) is 4.98 Å². The fourth-order valence-corrected chi connectivity index (χ4v) is 3.61. The molecule has 0 aliphatic rings. The lowest BCUT2D eigenvalue weighted by Gasteiger charge is -2.14. The van der Waals surface area contributed by atoms with Gasteiger partial charge in [0.15, 0.2) is 0 Å². The standard InChI is InChI=1S/C23H21ClF3NO/c1-4-20-18(11-15-5-7-16(8-6-15)13-23(25,26)27)22(24)19-12-17(14(2)29-3)9-10-21(19)28-20/h5-10,12H,2,4,11,13H2,1,3H3. The first kappa shape index (κ1) is 21.2. The SMILES string of the molecule is C=C(OC)c1ccc2nc(CC)c(Cc3ccc(CC(F)(F)F)cc3)c(Cl)c2c1. The van der Waals surface area contributed by atoms with Crippen LogP contribution in [0.2, 0.25) is 5.02 Å². The summed E-state index contributed by atoms with van der Waals surface area (Å²) < 4.78 is 42.9. The Bertz CT molecular complexity index is 1040. The van der Waals surface area contributed by atoms with Crippen LogP contribution in [0.1, 0.15) is 34.9 Å². The van der Waals surface area contributed by atoms with Crippen molar-refractivity contribution in [2.45, 2.75) is 32.4 Å². The van der Waals surface area contributed by atoms with E-state index in [0.29, 0.717) is 23.6 Å². The van der Waals surface area contributed by atoms with Crippen molar-refractivity contribution in [1.29, 1.82) is 0 Å². The van der Waals surface area contributed by atoms with Gasteiger partial charge in [0.1, 0.15) is 5.76 Å². The molecule has 0 N–H and O–H groups in total. The lowest BCUT2D eigenvalue weighted by atomic mass is 9.98. The second kappa shape index (κ2) is 8.46. The van der Waals surface area contributed by atoms with Crippen LogP contribution in [0.25, 0.3) is 16.7 Å². The molecule has 3 aromatic rings. The van der Waals surface area contributed by atoms with Gasteiger partial charge in [-0.1, -0.05) is 49.4 Å². The minimum Gasteiger partial charge on any atom is -0.497 e. The summed E-state index contributed by atoms with van der Waals surface area (Å²) in [5.74, 6) is 0.532. The average molecular weight is 420 g/mol. The molecule has 0 spiro atoms. The van der Waals surface area contributed by atoms with Crippen molar-refractivity contribution in [2.75, 3.05) is 7.11 Å². The van der Waals surface area contributed by atoms with Gasteiger partial charge in [0.05, 0.1) is 24.1 Å². The maximum absolute atomic E-state index is 12.6. The molecule has 0 aliphatic carbocycles. The molecule has 2 nitrogen and oxygen atoms in total. The van der Waals surface area contributed by atoms with Gasteiger partial charge in [-0.15, -0.1) is 0 Å². The topological polar surface area (TPSA) is 22.1 Å². The molecule has 1 aromatic heterocycles. The molecule has 152 valence electrons. The third kappa shape index (κ3) is 4.91. The molecule has 29 heavy (non-hydrogen) atoms. The van der Waals surface area contributed by atoms with Crippen molar-refractivity contribution in [2.24, 2.45) is 0 Å². The van der Waals surface area contributed by atoms with E-state index in [2.05, 4.69) is 6.58 Å². The first-order chi connectivity index (χ1) is 13.7. The fourth-order valence-electron chi connectivity index (χ4n) is 3.29. The normalized spacial score (nSPS) is 11.7. The Balaban J connectivity index is 1.99. The van der Waals surface area contributed by atoms with Crippen LogP contribution < -0.4 is 0 Å². The first-order valence-electron chi connectivity index (χ1n) is 9.20. The van der Waals surface area contributed by atoms with Crippen LogP contribution in [0.5, 0.6) is 0 Å². The number of aryl methyl sites for hydroxylation is 1. The van der Waals surface area contributed by atoms with E-state index in [1.165, 1.54) is 12.1 Å². The Morgan fingerprint density at radius 2 is 1.76 bits per heavy atom. The molecule has 0 aliphatic heterocycles. The van der Waals surface area contributed by atoms with Crippen LogP contribution in [-0.2, 0) is 24.0 Å². The van der Waals surface area contributed by atoms with E-state index in [9.17, 15) is 13.2 Å². The number of nitrogens with zero attached hydrogens (tertiary/aromatic N) is 1. The van der Waals surface area contributed by atoms with Gasteiger partial charge in [0.25, 0.3) is 0 Å². The van der Waals surface area contributed by atoms with Gasteiger partial charge in [-0.2, -0.15) is 13.2 Å². The largest absolute Gasteiger partial charge is 0.497 e. The van der Waals surface area contributed by atoms with Crippen LogP contribution in [0.3, 0.4) is 0 Å². The number of halogens is 4. The predicted molar refractivity (Wildman–Crippen MR) is 111 cm³/mol. The maximum atomic E-state index is 12.6. The molecule has 3 rings (SSSR count). The van der Waals surface area contributed by atoms with E-state index in [4.69, 9.17) is 21.3 Å². The van der Waals surface area contributed by atoms with Crippen molar-refractivity contribution in [3.63, 3.8) is 0 Å². The first-order valence-corrected chi connectivity index (χ1v) is 9.58. The zero-order valence-corrected chi connectivity index (χ0v) is 17.0. The van der Waals surface area contributed by atoms with E-state index in [-0.39, 0.29) is 5.56 Å². The molecule has 0 radical (unpaired) electrons. The lowest BCUT2D eigenvalue weighted by molar-refractivity contribution is -0.127. The summed E-state index contributed by atoms with van der Waals surface area (Å²) in [6, 6.07) is 12.1.